The molecule has 2 rings (SSSR count). The standard InChI is InChI=1S/C17H20BrN3O.HI/c1-19-17(20-11-13-3-7-15(18)8-4-13)21-12-14-5-9-16(22-2)10-6-14;/h3-10H,11-12H2,1-2H3,(H2,19,20,21);1H. The number of methoxy groups -OCH3 is 1. The fourth-order valence-corrected chi connectivity index (χ4v) is 2.20. The van der Waals surface area contributed by atoms with Crippen molar-refractivity contribution >= 4 is 45.9 Å². The van der Waals surface area contributed by atoms with Gasteiger partial charge in [-0.2, -0.15) is 0 Å². The second-order valence-electron chi connectivity index (χ2n) is 4.75. The van der Waals surface area contributed by atoms with E-state index in [2.05, 4.69) is 43.7 Å². The number of benzene rings is 2. The summed E-state index contributed by atoms with van der Waals surface area (Å²) in [7, 11) is 3.44. The highest BCUT2D eigenvalue weighted by atomic mass is 127. The van der Waals surface area contributed by atoms with Gasteiger partial charge in [0, 0.05) is 24.6 Å². The quantitative estimate of drug-likeness (QED) is 0.380. The minimum absolute atomic E-state index is 0. The highest BCUT2D eigenvalue weighted by Gasteiger charge is 2.00. The molecule has 0 aromatic heterocycles. The first-order chi connectivity index (χ1) is 10.7. The van der Waals surface area contributed by atoms with E-state index >= 15 is 0 Å². The molecule has 2 aromatic rings. The lowest BCUT2D eigenvalue weighted by atomic mass is 10.2. The van der Waals surface area contributed by atoms with E-state index in [4.69, 9.17) is 4.74 Å². The zero-order chi connectivity index (χ0) is 15.8. The summed E-state index contributed by atoms with van der Waals surface area (Å²) in [4.78, 5) is 4.23. The van der Waals surface area contributed by atoms with Gasteiger partial charge in [-0.1, -0.05) is 40.2 Å². The Bertz CT molecular complexity index is 615. The van der Waals surface area contributed by atoms with Gasteiger partial charge in [0.25, 0.3) is 0 Å². The minimum Gasteiger partial charge on any atom is -0.497 e. The maximum absolute atomic E-state index is 5.15. The van der Waals surface area contributed by atoms with E-state index in [0.29, 0.717) is 6.54 Å². The first-order valence-corrected chi connectivity index (χ1v) is 7.82. The predicted molar refractivity (Wildman–Crippen MR) is 110 cm³/mol. The van der Waals surface area contributed by atoms with Gasteiger partial charge in [-0.15, -0.1) is 24.0 Å². The molecule has 124 valence electrons. The maximum Gasteiger partial charge on any atom is 0.191 e. The molecule has 0 aliphatic carbocycles. The Morgan fingerprint density at radius 1 is 0.957 bits per heavy atom. The van der Waals surface area contributed by atoms with Crippen LogP contribution in [0, 0.1) is 0 Å². The van der Waals surface area contributed by atoms with E-state index in [9.17, 15) is 0 Å². The molecule has 23 heavy (non-hydrogen) atoms. The molecule has 0 radical (unpaired) electrons. The second-order valence-corrected chi connectivity index (χ2v) is 5.67. The van der Waals surface area contributed by atoms with E-state index < -0.39 is 0 Å². The smallest absolute Gasteiger partial charge is 0.191 e. The van der Waals surface area contributed by atoms with Gasteiger partial charge >= 0.3 is 0 Å². The van der Waals surface area contributed by atoms with Crippen molar-refractivity contribution < 1.29 is 4.74 Å². The summed E-state index contributed by atoms with van der Waals surface area (Å²) < 4.78 is 6.23. The van der Waals surface area contributed by atoms with E-state index in [0.717, 1.165) is 22.7 Å². The molecular formula is C17H21BrIN3O. The van der Waals surface area contributed by atoms with E-state index in [-0.39, 0.29) is 24.0 Å². The van der Waals surface area contributed by atoms with Crippen molar-refractivity contribution in [1.29, 1.82) is 0 Å². The Hall–Kier alpha value is -1.28. The molecule has 0 saturated carbocycles. The maximum atomic E-state index is 5.15. The number of nitrogens with zero attached hydrogens (tertiary/aromatic N) is 1. The number of aliphatic imine (C=N–C) groups is 1. The number of rotatable bonds is 5. The summed E-state index contributed by atoms with van der Waals surface area (Å²) in [5, 5.41) is 6.59. The summed E-state index contributed by atoms with van der Waals surface area (Å²) >= 11 is 3.43. The van der Waals surface area contributed by atoms with Crippen molar-refractivity contribution in [2.24, 2.45) is 4.99 Å². The fraction of sp³-hybridized carbons (Fsp3) is 0.235. The van der Waals surface area contributed by atoms with Crippen molar-refractivity contribution in [2.45, 2.75) is 13.1 Å². The van der Waals surface area contributed by atoms with Crippen LogP contribution in [0.1, 0.15) is 11.1 Å². The van der Waals surface area contributed by atoms with E-state index in [1.54, 1.807) is 14.2 Å². The lowest BCUT2D eigenvalue weighted by Crippen LogP contribution is -2.36. The molecule has 0 spiro atoms. The molecular weight excluding hydrogens is 469 g/mol. The van der Waals surface area contributed by atoms with Crippen molar-refractivity contribution in [2.75, 3.05) is 14.2 Å². The molecule has 2 aromatic carbocycles. The topological polar surface area (TPSA) is 45.7 Å². The van der Waals surface area contributed by atoms with Crippen LogP contribution in [-0.4, -0.2) is 20.1 Å². The van der Waals surface area contributed by atoms with Gasteiger partial charge in [0.1, 0.15) is 5.75 Å². The molecule has 0 atom stereocenters. The third kappa shape index (κ3) is 6.78. The molecule has 0 unspecified atom stereocenters. The fourth-order valence-electron chi connectivity index (χ4n) is 1.94. The van der Waals surface area contributed by atoms with Gasteiger partial charge in [-0.25, -0.2) is 0 Å². The normalized spacial score (nSPS) is 10.7. The Labute approximate surface area is 162 Å². The summed E-state index contributed by atoms with van der Waals surface area (Å²) in [6.45, 7) is 1.44. The number of hydrogen-bond acceptors (Lipinski definition) is 2. The van der Waals surface area contributed by atoms with Gasteiger partial charge in [0.05, 0.1) is 7.11 Å². The average Bonchev–Trinajstić information content (AvgIpc) is 2.57. The number of halogens is 2. The summed E-state index contributed by atoms with van der Waals surface area (Å²) in [6.07, 6.45) is 0. The first-order valence-electron chi connectivity index (χ1n) is 7.03. The molecule has 0 aliphatic rings. The monoisotopic (exact) mass is 489 g/mol. The van der Waals surface area contributed by atoms with Crippen LogP contribution in [0.15, 0.2) is 58.0 Å². The van der Waals surface area contributed by atoms with Gasteiger partial charge in [-0.3, -0.25) is 4.99 Å². The molecule has 6 heteroatoms. The SMILES string of the molecule is CN=C(NCc1ccc(Br)cc1)NCc1ccc(OC)cc1.I. The molecule has 0 fully saturated rings. The molecule has 0 saturated heterocycles. The van der Waals surface area contributed by atoms with Crippen molar-refractivity contribution in [3.63, 3.8) is 0 Å². The third-order valence-corrected chi connectivity index (χ3v) is 3.74. The Balaban J connectivity index is 0.00000264. The predicted octanol–water partition coefficient (Wildman–Crippen LogP) is 3.94. The van der Waals surface area contributed by atoms with Crippen LogP contribution in [0.3, 0.4) is 0 Å². The highest BCUT2D eigenvalue weighted by Crippen LogP contribution is 2.11. The lowest BCUT2D eigenvalue weighted by Gasteiger charge is -2.12. The van der Waals surface area contributed by atoms with Crippen molar-refractivity contribution in [3.8, 4) is 5.75 Å². The molecule has 0 bridgehead atoms. The molecule has 2 N–H and O–H groups in total. The van der Waals surface area contributed by atoms with E-state index in [1.807, 2.05) is 36.4 Å². The van der Waals surface area contributed by atoms with Crippen LogP contribution in [0.2, 0.25) is 0 Å². The van der Waals surface area contributed by atoms with Crippen LogP contribution in [0.5, 0.6) is 5.75 Å². The van der Waals surface area contributed by atoms with Crippen molar-refractivity contribution in [3.05, 3.63) is 64.1 Å². The van der Waals surface area contributed by atoms with Gasteiger partial charge < -0.3 is 15.4 Å². The zero-order valence-corrected chi connectivity index (χ0v) is 17.1. The summed E-state index contributed by atoms with van der Waals surface area (Å²) in [6, 6.07) is 16.2. The van der Waals surface area contributed by atoms with Crippen LogP contribution in [-0.2, 0) is 13.1 Å². The Kier molecular flexibility index (Phi) is 9.01. The average molecular weight is 490 g/mol. The summed E-state index contributed by atoms with van der Waals surface area (Å²) in [5.41, 5.74) is 2.38. The molecule has 0 heterocycles. The van der Waals surface area contributed by atoms with Crippen LogP contribution >= 0.6 is 39.9 Å². The largest absolute Gasteiger partial charge is 0.497 e. The van der Waals surface area contributed by atoms with Gasteiger partial charge in [0.2, 0.25) is 0 Å². The highest BCUT2D eigenvalue weighted by molar-refractivity contribution is 14.0. The number of ether oxygens (including phenoxy) is 1. The molecule has 0 amide bonds. The Morgan fingerprint density at radius 3 is 1.87 bits per heavy atom. The molecule has 0 aliphatic heterocycles. The van der Waals surface area contributed by atoms with Crippen LogP contribution in [0.25, 0.3) is 0 Å². The first kappa shape index (κ1) is 19.8. The van der Waals surface area contributed by atoms with Crippen molar-refractivity contribution in [1.82, 2.24) is 10.6 Å². The number of nitrogens with one attached hydrogen (secondary N) is 2. The number of hydrogen-bond donors (Lipinski definition) is 2. The third-order valence-electron chi connectivity index (χ3n) is 3.22. The Morgan fingerprint density at radius 2 is 1.43 bits per heavy atom. The van der Waals surface area contributed by atoms with E-state index in [1.165, 1.54) is 11.1 Å². The zero-order valence-electron chi connectivity index (χ0n) is 13.2. The van der Waals surface area contributed by atoms with Gasteiger partial charge in [-0.05, 0) is 35.4 Å². The van der Waals surface area contributed by atoms with Crippen LogP contribution in [0.4, 0.5) is 0 Å². The van der Waals surface area contributed by atoms with Crippen LogP contribution < -0.4 is 15.4 Å². The summed E-state index contributed by atoms with van der Waals surface area (Å²) in [5.74, 6) is 1.64. The lowest BCUT2D eigenvalue weighted by molar-refractivity contribution is 0.414. The van der Waals surface area contributed by atoms with Gasteiger partial charge in [0.15, 0.2) is 5.96 Å². The number of guanidine groups is 1. The second kappa shape index (κ2) is 10.5. The molecule has 4 nitrogen and oxygen atoms in total. The minimum atomic E-state index is 0.